The highest BCUT2D eigenvalue weighted by Crippen LogP contribution is 2.16. The van der Waals surface area contributed by atoms with E-state index in [0.717, 1.165) is 9.32 Å². The Balaban J connectivity index is 2.36. The largest absolute Gasteiger partial charge is 0.489 e. The van der Waals surface area contributed by atoms with Crippen LogP contribution in [0.1, 0.15) is 27.7 Å². The molecule has 0 unspecified atom stereocenters. The fourth-order valence-electron chi connectivity index (χ4n) is 1.36. The van der Waals surface area contributed by atoms with Gasteiger partial charge in [-0.3, -0.25) is 0 Å². The second-order valence-electron chi connectivity index (χ2n) is 5.27. The zero-order valence-electron chi connectivity index (χ0n) is 11.7. The number of amides is 1. The summed E-state index contributed by atoms with van der Waals surface area (Å²) in [4.78, 5) is 11.5. The van der Waals surface area contributed by atoms with Crippen molar-refractivity contribution in [3.63, 3.8) is 0 Å². The summed E-state index contributed by atoms with van der Waals surface area (Å²) >= 11 is 2.23. The van der Waals surface area contributed by atoms with Crippen LogP contribution in [0.3, 0.4) is 0 Å². The Labute approximate surface area is 128 Å². The van der Waals surface area contributed by atoms with Crippen molar-refractivity contribution in [2.24, 2.45) is 0 Å². The number of nitrogens with one attached hydrogen (secondary N) is 1. The highest BCUT2D eigenvalue weighted by molar-refractivity contribution is 14.1. The first-order chi connectivity index (χ1) is 8.76. The van der Waals surface area contributed by atoms with Gasteiger partial charge in [0.25, 0.3) is 0 Å². The summed E-state index contributed by atoms with van der Waals surface area (Å²) in [5, 5.41) is 2.69. The fourth-order valence-corrected chi connectivity index (χ4v) is 1.87. The molecule has 106 valence electrons. The van der Waals surface area contributed by atoms with E-state index in [-0.39, 0.29) is 6.10 Å². The molecule has 1 amide bonds. The number of rotatable bonds is 4. The summed E-state index contributed by atoms with van der Waals surface area (Å²) in [6, 6.07) is 7.78. The minimum Gasteiger partial charge on any atom is -0.489 e. The summed E-state index contributed by atoms with van der Waals surface area (Å²) < 4.78 is 12.0. The molecule has 0 radical (unpaired) electrons. The van der Waals surface area contributed by atoms with Crippen LogP contribution in [0, 0.1) is 3.57 Å². The first kappa shape index (κ1) is 16.1. The third-order valence-electron chi connectivity index (χ3n) is 2.07. The zero-order valence-corrected chi connectivity index (χ0v) is 13.9. The van der Waals surface area contributed by atoms with Crippen LogP contribution in [0.4, 0.5) is 4.79 Å². The second-order valence-corrected chi connectivity index (χ2v) is 6.51. The molecule has 1 atom stereocenters. The Kier molecular flexibility index (Phi) is 5.90. The second kappa shape index (κ2) is 6.98. The molecule has 19 heavy (non-hydrogen) atoms. The van der Waals surface area contributed by atoms with E-state index in [4.69, 9.17) is 9.47 Å². The third-order valence-corrected chi connectivity index (χ3v) is 2.74. The number of benzene rings is 1. The average Bonchev–Trinajstić information content (AvgIpc) is 2.24. The SMILES string of the molecule is C[C@@H](CNC(=O)OC(C)(C)C)Oc1cccc(I)c1. The topological polar surface area (TPSA) is 47.6 Å². The lowest BCUT2D eigenvalue weighted by atomic mass is 10.2. The average molecular weight is 377 g/mol. The standard InChI is InChI=1S/C14H20INO3/c1-10(9-16-13(17)19-14(2,3)4)18-12-7-5-6-11(15)8-12/h5-8,10H,9H2,1-4H3,(H,16,17)/t10-/m0/s1. The van der Waals surface area contributed by atoms with E-state index in [0.29, 0.717) is 6.54 Å². The predicted octanol–water partition coefficient (Wildman–Crippen LogP) is 3.58. The van der Waals surface area contributed by atoms with Crippen LogP contribution in [0.25, 0.3) is 0 Å². The summed E-state index contributed by atoms with van der Waals surface area (Å²) in [6.07, 6.45) is -0.545. The van der Waals surface area contributed by atoms with Crippen molar-refractivity contribution in [3.05, 3.63) is 27.8 Å². The van der Waals surface area contributed by atoms with Crippen LogP contribution >= 0.6 is 22.6 Å². The van der Waals surface area contributed by atoms with Crippen LogP contribution in [0.2, 0.25) is 0 Å². The Morgan fingerprint density at radius 3 is 2.68 bits per heavy atom. The summed E-state index contributed by atoms with van der Waals surface area (Å²) in [5.41, 5.74) is -0.482. The molecule has 0 aromatic heterocycles. The minimum atomic E-state index is -0.482. The molecule has 0 spiro atoms. The van der Waals surface area contributed by atoms with Gasteiger partial charge in [-0.2, -0.15) is 0 Å². The molecule has 0 aliphatic rings. The summed E-state index contributed by atoms with van der Waals surface area (Å²) in [6.45, 7) is 7.80. The first-order valence-corrected chi connectivity index (χ1v) is 7.23. The van der Waals surface area contributed by atoms with Crippen LogP contribution in [-0.4, -0.2) is 24.3 Å². The molecule has 0 fully saturated rings. The molecular formula is C14H20INO3. The highest BCUT2D eigenvalue weighted by Gasteiger charge is 2.16. The Hall–Kier alpha value is -0.980. The summed E-state index contributed by atoms with van der Waals surface area (Å²) in [7, 11) is 0. The van der Waals surface area contributed by atoms with Crippen molar-refractivity contribution < 1.29 is 14.3 Å². The number of ether oxygens (including phenoxy) is 2. The van der Waals surface area contributed by atoms with Crippen LogP contribution in [0.5, 0.6) is 5.75 Å². The number of alkyl carbamates (subject to hydrolysis) is 1. The number of hydrogen-bond donors (Lipinski definition) is 1. The van der Waals surface area contributed by atoms with Gasteiger partial charge in [-0.1, -0.05) is 6.07 Å². The van der Waals surface area contributed by atoms with Crippen LogP contribution in [-0.2, 0) is 4.74 Å². The highest BCUT2D eigenvalue weighted by atomic mass is 127. The smallest absolute Gasteiger partial charge is 0.407 e. The first-order valence-electron chi connectivity index (χ1n) is 6.15. The molecule has 1 rings (SSSR count). The van der Waals surface area contributed by atoms with E-state index >= 15 is 0 Å². The predicted molar refractivity (Wildman–Crippen MR) is 83.5 cm³/mol. The zero-order chi connectivity index (χ0) is 14.5. The van der Waals surface area contributed by atoms with Crippen molar-refractivity contribution in [1.82, 2.24) is 5.32 Å². The lowest BCUT2D eigenvalue weighted by Gasteiger charge is -2.21. The van der Waals surface area contributed by atoms with Gasteiger partial charge in [0.1, 0.15) is 17.5 Å². The molecule has 0 saturated carbocycles. The number of carbonyl (C=O) groups excluding carboxylic acids is 1. The third kappa shape index (κ3) is 7.25. The lowest BCUT2D eigenvalue weighted by Crippen LogP contribution is -2.37. The molecule has 1 aromatic carbocycles. The molecule has 0 bridgehead atoms. The van der Waals surface area contributed by atoms with Crippen molar-refractivity contribution in [3.8, 4) is 5.75 Å². The maximum Gasteiger partial charge on any atom is 0.407 e. The molecular weight excluding hydrogens is 357 g/mol. The van der Waals surface area contributed by atoms with Crippen molar-refractivity contribution >= 4 is 28.7 Å². The van der Waals surface area contributed by atoms with Gasteiger partial charge in [0.05, 0.1) is 6.54 Å². The van der Waals surface area contributed by atoms with Crippen molar-refractivity contribution in [1.29, 1.82) is 0 Å². The van der Waals surface area contributed by atoms with Gasteiger partial charge < -0.3 is 14.8 Å². The van der Waals surface area contributed by atoms with Gasteiger partial charge in [-0.15, -0.1) is 0 Å². The van der Waals surface area contributed by atoms with Gasteiger partial charge in [0, 0.05) is 3.57 Å². The van der Waals surface area contributed by atoms with Crippen LogP contribution < -0.4 is 10.1 Å². The Morgan fingerprint density at radius 2 is 2.11 bits per heavy atom. The molecule has 0 aliphatic heterocycles. The maximum atomic E-state index is 11.5. The van der Waals surface area contributed by atoms with E-state index < -0.39 is 11.7 Å². The molecule has 5 heteroatoms. The molecule has 0 heterocycles. The number of carbonyl (C=O) groups is 1. The lowest BCUT2D eigenvalue weighted by molar-refractivity contribution is 0.0505. The maximum absolute atomic E-state index is 11.5. The normalized spacial score (nSPS) is 12.7. The van der Waals surface area contributed by atoms with E-state index in [9.17, 15) is 4.79 Å². The van der Waals surface area contributed by atoms with Gasteiger partial charge in [-0.05, 0) is 68.5 Å². The van der Waals surface area contributed by atoms with Gasteiger partial charge in [-0.25, -0.2) is 4.79 Å². The minimum absolute atomic E-state index is 0.120. The molecule has 4 nitrogen and oxygen atoms in total. The Morgan fingerprint density at radius 1 is 1.42 bits per heavy atom. The molecule has 1 aromatic rings. The Bertz CT molecular complexity index is 429. The monoisotopic (exact) mass is 377 g/mol. The summed E-state index contributed by atoms with van der Waals surface area (Å²) in [5.74, 6) is 0.797. The van der Waals surface area contributed by atoms with Gasteiger partial charge >= 0.3 is 6.09 Å². The molecule has 0 saturated heterocycles. The van der Waals surface area contributed by atoms with E-state index in [2.05, 4.69) is 27.9 Å². The van der Waals surface area contributed by atoms with Crippen LogP contribution in [0.15, 0.2) is 24.3 Å². The number of halogens is 1. The molecule has 1 N–H and O–H groups in total. The van der Waals surface area contributed by atoms with Crippen molar-refractivity contribution in [2.75, 3.05) is 6.54 Å². The van der Waals surface area contributed by atoms with Gasteiger partial charge in [0.15, 0.2) is 0 Å². The quantitative estimate of drug-likeness (QED) is 0.816. The van der Waals surface area contributed by atoms with E-state index in [1.807, 2.05) is 52.0 Å². The van der Waals surface area contributed by atoms with E-state index in [1.165, 1.54) is 0 Å². The number of hydrogen-bond acceptors (Lipinski definition) is 3. The van der Waals surface area contributed by atoms with E-state index in [1.54, 1.807) is 0 Å². The fraction of sp³-hybridized carbons (Fsp3) is 0.500. The van der Waals surface area contributed by atoms with Gasteiger partial charge in [0.2, 0.25) is 0 Å². The van der Waals surface area contributed by atoms with Crippen molar-refractivity contribution in [2.45, 2.75) is 39.4 Å². The molecule has 0 aliphatic carbocycles.